The van der Waals surface area contributed by atoms with E-state index < -0.39 is 8.07 Å². The normalized spacial score (nSPS) is 13.5. The summed E-state index contributed by atoms with van der Waals surface area (Å²) >= 11 is 0. The third kappa shape index (κ3) is 5.32. The van der Waals surface area contributed by atoms with Gasteiger partial charge in [-0.15, -0.1) is 0 Å². The third-order valence-electron chi connectivity index (χ3n) is 14.1. The van der Waals surface area contributed by atoms with E-state index in [0.717, 1.165) is 33.7 Å². The van der Waals surface area contributed by atoms with Crippen molar-refractivity contribution in [2.75, 3.05) is 4.90 Å². The molecular formula is C59H43N5Si. The van der Waals surface area contributed by atoms with Gasteiger partial charge in [0.15, 0.2) is 8.07 Å². The van der Waals surface area contributed by atoms with Gasteiger partial charge in [0.25, 0.3) is 0 Å². The van der Waals surface area contributed by atoms with Crippen LogP contribution in [0.2, 0.25) is 0 Å². The maximum atomic E-state index is 5.17. The monoisotopic (exact) mass is 849 g/mol. The summed E-state index contributed by atoms with van der Waals surface area (Å²) in [5, 5.41) is 11.2. The number of benzene rings is 8. The summed E-state index contributed by atoms with van der Waals surface area (Å²) < 4.78 is 4.66. The van der Waals surface area contributed by atoms with Gasteiger partial charge in [-0.25, -0.2) is 9.97 Å². The first-order chi connectivity index (χ1) is 32.0. The van der Waals surface area contributed by atoms with E-state index in [1.165, 1.54) is 70.1 Å². The molecule has 0 spiro atoms. The zero-order valence-corrected chi connectivity index (χ0v) is 37.1. The molecule has 0 aliphatic carbocycles. The summed E-state index contributed by atoms with van der Waals surface area (Å²) in [5.41, 5.74) is 10.1. The average molecular weight is 850 g/mol. The average Bonchev–Trinajstić information content (AvgIpc) is 4.00. The predicted molar refractivity (Wildman–Crippen MR) is 273 cm³/mol. The van der Waals surface area contributed by atoms with Gasteiger partial charge in [-0.05, 0) is 85.8 Å². The molecule has 5 heterocycles. The van der Waals surface area contributed by atoms with Crippen molar-refractivity contribution in [3.8, 4) is 5.69 Å². The minimum Gasteiger partial charge on any atom is -0.309 e. The Morgan fingerprint density at radius 2 is 1.08 bits per heavy atom. The van der Waals surface area contributed by atoms with Gasteiger partial charge in [0.05, 0.1) is 27.9 Å². The zero-order valence-electron chi connectivity index (χ0n) is 36.1. The molecule has 308 valence electrons. The van der Waals surface area contributed by atoms with Crippen LogP contribution in [0.1, 0.15) is 25.0 Å². The molecule has 1 aliphatic heterocycles. The minimum absolute atomic E-state index is 0.349. The fraction of sp³-hybridized carbons (Fsp3) is 0.0508. The Kier molecular flexibility index (Phi) is 8.20. The quantitative estimate of drug-likeness (QED) is 0.0950. The largest absolute Gasteiger partial charge is 0.309 e. The second-order valence-electron chi connectivity index (χ2n) is 17.8. The maximum absolute atomic E-state index is 5.17. The highest BCUT2D eigenvalue weighted by molar-refractivity contribution is 7.20. The topological polar surface area (TPSA) is 38.4 Å². The standard InChI is InChI=1S/C59H43N5Si/c1-59(2)49-32-30-44(39-54(49)64(55-28-16-17-35-60-55)57-50(59)33-34-53-56(57)47-25-13-15-27-52(47)63(53)40-18-6-3-7-19-40)65(41-20-8-4-9-21-41,42-22-10-5-11-23-42)43-29-31-45-46-24-12-14-26-51(46)62-37-36-61-58(62)48(45)38-43/h3-39H,1-2H3. The van der Waals surface area contributed by atoms with Gasteiger partial charge >= 0.3 is 0 Å². The molecule has 6 heteroatoms. The van der Waals surface area contributed by atoms with E-state index in [1.54, 1.807) is 0 Å². The number of aromatic nitrogens is 4. The Hall–Kier alpha value is -8.06. The van der Waals surface area contributed by atoms with Crippen LogP contribution in [0.4, 0.5) is 17.2 Å². The summed E-state index contributed by atoms with van der Waals surface area (Å²) in [6.07, 6.45) is 5.94. The van der Waals surface area contributed by atoms with Crippen LogP contribution in [0.25, 0.3) is 54.8 Å². The molecule has 0 atom stereocenters. The molecule has 8 aromatic carbocycles. The molecule has 0 unspecified atom stereocenters. The molecule has 0 amide bonds. The summed E-state index contributed by atoms with van der Waals surface area (Å²) in [6, 6.07) is 76.4. The van der Waals surface area contributed by atoms with Gasteiger partial charge in [-0.1, -0.05) is 172 Å². The van der Waals surface area contributed by atoms with Crippen LogP contribution in [-0.4, -0.2) is 27.0 Å². The molecule has 0 saturated carbocycles. The molecule has 1 aliphatic rings. The summed E-state index contributed by atoms with van der Waals surface area (Å²) in [6.45, 7) is 4.79. The van der Waals surface area contributed by atoms with Crippen LogP contribution >= 0.6 is 0 Å². The number of fused-ring (bicyclic) bond motifs is 12. The highest BCUT2D eigenvalue weighted by atomic mass is 28.3. The Labute approximate surface area is 378 Å². The lowest BCUT2D eigenvalue weighted by molar-refractivity contribution is 0.633. The van der Waals surface area contributed by atoms with Crippen LogP contribution in [0, 0.1) is 0 Å². The summed E-state index contributed by atoms with van der Waals surface area (Å²) in [4.78, 5) is 12.6. The first-order valence-corrected chi connectivity index (χ1v) is 24.4. The summed E-state index contributed by atoms with van der Waals surface area (Å²) in [7, 11) is -3.10. The van der Waals surface area contributed by atoms with E-state index in [4.69, 9.17) is 9.97 Å². The minimum atomic E-state index is -3.10. The number of imidazole rings is 1. The number of nitrogens with zero attached hydrogens (tertiary/aromatic N) is 5. The van der Waals surface area contributed by atoms with Crippen LogP contribution in [-0.2, 0) is 5.41 Å². The highest BCUT2D eigenvalue weighted by Gasteiger charge is 2.45. The van der Waals surface area contributed by atoms with Gasteiger partial charge in [0.2, 0.25) is 0 Å². The molecule has 0 saturated heterocycles. The fourth-order valence-corrected chi connectivity index (χ4v) is 16.0. The molecule has 0 bridgehead atoms. The maximum Gasteiger partial charge on any atom is 0.179 e. The van der Waals surface area contributed by atoms with Crippen molar-refractivity contribution in [2.45, 2.75) is 19.3 Å². The van der Waals surface area contributed by atoms with Crippen molar-refractivity contribution >= 4 is 95.1 Å². The van der Waals surface area contributed by atoms with Crippen LogP contribution in [0.5, 0.6) is 0 Å². The molecule has 5 nitrogen and oxygen atoms in total. The summed E-state index contributed by atoms with van der Waals surface area (Å²) in [5.74, 6) is 0.887. The van der Waals surface area contributed by atoms with Crippen molar-refractivity contribution in [1.82, 2.24) is 18.9 Å². The van der Waals surface area contributed by atoms with E-state index in [-0.39, 0.29) is 5.41 Å². The van der Waals surface area contributed by atoms with Crippen molar-refractivity contribution in [3.63, 3.8) is 0 Å². The van der Waals surface area contributed by atoms with E-state index in [9.17, 15) is 0 Å². The van der Waals surface area contributed by atoms with Crippen molar-refractivity contribution in [2.24, 2.45) is 0 Å². The SMILES string of the molecule is CC1(C)c2ccc([Si](c3ccccc3)(c3ccccc3)c3ccc4c5ccccc5n5ccnc5c4c3)cc2N(c2ccccn2)c2c1ccc1c2c2ccccc2n1-c1ccccc1. The molecule has 0 N–H and O–H groups in total. The van der Waals surface area contributed by atoms with Gasteiger partial charge in [-0.3, -0.25) is 9.30 Å². The highest BCUT2D eigenvalue weighted by Crippen LogP contribution is 2.55. The number of rotatable bonds is 6. The van der Waals surface area contributed by atoms with E-state index >= 15 is 0 Å². The van der Waals surface area contributed by atoms with E-state index in [2.05, 4.69) is 234 Å². The first kappa shape index (κ1) is 37.5. The Balaban J connectivity index is 1.15. The second kappa shape index (κ2) is 14.2. The van der Waals surface area contributed by atoms with Crippen LogP contribution < -0.4 is 25.6 Å². The molecule has 0 radical (unpaired) electrons. The van der Waals surface area contributed by atoms with E-state index in [0.29, 0.717) is 0 Å². The first-order valence-electron chi connectivity index (χ1n) is 22.4. The lowest BCUT2D eigenvalue weighted by Gasteiger charge is -2.43. The number of pyridine rings is 2. The zero-order chi connectivity index (χ0) is 43.3. The molecule has 12 aromatic rings. The number of hydrogen-bond acceptors (Lipinski definition) is 3. The molecule has 13 rings (SSSR count). The Morgan fingerprint density at radius 1 is 0.446 bits per heavy atom. The smallest absolute Gasteiger partial charge is 0.179 e. The van der Waals surface area contributed by atoms with Crippen molar-refractivity contribution in [1.29, 1.82) is 0 Å². The molecule has 0 fully saturated rings. The second-order valence-corrected chi connectivity index (χ2v) is 21.6. The van der Waals surface area contributed by atoms with Gasteiger partial charge in [0, 0.05) is 51.2 Å². The number of anilines is 3. The van der Waals surface area contributed by atoms with Crippen molar-refractivity contribution < 1.29 is 0 Å². The molecular weight excluding hydrogens is 807 g/mol. The van der Waals surface area contributed by atoms with Crippen LogP contribution in [0.3, 0.4) is 0 Å². The van der Waals surface area contributed by atoms with Gasteiger partial charge in [0.1, 0.15) is 11.5 Å². The predicted octanol–water partition coefficient (Wildman–Crippen LogP) is 11.6. The lowest BCUT2D eigenvalue weighted by atomic mass is 9.73. The Bertz CT molecular complexity index is 3760. The number of hydrogen-bond donors (Lipinski definition) is 0. The van der Waals surface area contributed by atoms with E-state index in [1.807, 2.05) is 18.5 Å². The number of para-hydroxylation sites is 3. The fourth-order valence-electron chi connectivity index (χ4n) is 11.3. The molecule has 65 heavy (non-hydrogen) atoms. The van der Waals surface area contributed by atoms with Crippen molar-refractivity contribution in [3.05, 3.63) is 236 Å². The third-order valence-corrected chi connectivity index (χ3v) is 18.9. The van der Waals surface area contributed by atoms with Gasteiger partial charge in [-0.2, -0.15) is 0 Å². The molecule has 4 aromatic heterocycles. The van der Waals surface area contributed by atoms with Gasteiger partial charge < -0.3 is 4.57 Å². The van der Waals surface area contributed by atoms with Crippen LogP contribution in [0.15, 0.2) is 225 Å². The lowest BCUT2D eigenvalue weighted by Crippen LogP contribution is -2.74. The Morgan fingerprint density at radius 3 is 1.82 bits per heavy atom.